The smallest absolute Gasteiger partial charge is 0.397 e. The van der Waals surface area contributed by atoms with Crippen LogP contribution in [-0.4, -0.2) is 23.4 Å². The van der Waals surface area contributed by atoms with Gasteiger partial charge in [0.05, 0.1) is 6.04 Å². The van der Waals surface area contributed by atoms with Gasteiger partial charge in [0.1, 0.15) is 6.42 Å². The summed E-state index contributed by atoms with van der Waals surface area (Å²) in [7, 11) is 1.68. The summed E-state index contributed by atoms with van der Waals surface area (Å²) in [6.45, 7) is 1.87. The largest absolute Gasteiger partial charge is 0.423 e. The maximum absolute atomic E-state index is 12.0. The molecule has 15 heavy (non-hydrogen) atoms. The Balaban J connectivity index is 2.71. The Bertz CT molecular complexity index is 306. The third-order valence-corrected chi connectivity index (χ3v) is 1.89. The summed E-state index contributed by atoms with van der Waals surface area (Å²) >= 11 is 0. The highest BCUT2D eigenvalue weighted by Crippen LogP contribution is 2.22. The van der Waals surface area contributed by atoms with Crippen molar-refractivity contribution in [2.24, 2.45) is 0 Å². The predicted molar refractivity (Wildman–Crippen MR) is 46.1 cm³/mol. The molecule has 7 heteroatoms. The van der Waals surface area contributed by atoms with Crippen LogP contribution < -0.4 is 5.32 Å². The first kappa shape index (κ1) is 12.0. The number of halogens is 3. The second-order valence-corrected chi connectivity index (χ2v) is 3.08. The van der Waals surface area contributed by atoms with Gasteiger partial charge in [0.15, 0.2) is 0 Å². The summed E-state index contributed by atoms with van der Waals surface area (Å²) in [5.74, 6) is -0.203. The van der Waals surface area contributed by atoms with Gasteiger partial charge in [-0.3, -0.25) is 0 Å². The molecule has 1 atom stereocenters. The summed E-state index contributed by atoms with van der Waals surface area (Å²) < 4.78 is 40.8. The minimum Gasteiger partial charge on any atom is -0.423 e. The number of nitrogens with one attached hydrogen (secondary N) is 1. The van der Waals surface area contributed by atoms with Crippen molar-refractivity contribution in [1.29, 1.82) is 0 Å². The van der Waals surface area contributed by atoms with Gasteiger partial charge in [0.25, 0.3) is 0 Å². The molecule has 0 radical (unpaired) electrons. The normalized spacial score (nSPS) is 14.2. The lowest BCUT2D eigenvalue weighted by Gasteiger charge is -2.07. The van der Waals surface area contributed by atoms with E-state index >= 15 is 0 Å². The van der Waals surface area contributed by atoms with Crippen LogP contribution >= 0.6 is 0 Å². The van der Waals surface area contributed by atoms with E-state index in [2.05, 4.69) is 15.5 Å². The third kappa shape index (κ3) is 3.50. The highest BCUT2D eigenvalue weighted by Gasteiger charge is 2.31. The molecule has 1 rings (SSSR count). The maximum Gasteiger partial charge on any atom is 0.397 e. The molecule has 4 nitrogen and oxygen atoms in total. The van der Waals surface area contributed by atoms with E-state index in [0.717, 1.165) is 0 Å². The van der Waals surface area contributed by atoms with Crippen LogP contribution in [0.25, 0.3) is 0 Å². The fourth-order valence-electron chi connectivity index (χ4n) is 1.15. The van der Waals surface area contributed by atoms with Gasteiger partial charge in [-0.25, -0.2) is 0 Å². The first-order valence-corrected chi connectivity index (χ1v) is 4.52. The molecule has 1 N–H and O–H groups in total. The molecule has 0 bridgehead atoms. The average Bonchev–Trinajstić information content (AvgIpc) is 2.52. The van der Waals surface area contributed by atoms with Crippen LogP contribution in [0.5, 0.6) is 0 Å². The van der Waals surface area contributed by atoms with Crippen molar-refractivity contribution < 1.29 is 17.6 Å². The zero-order valence-electron chi connectivity index (χ0n) is 8.43. The van der Waals surface area contributed by atoms with Gasteiger partial charge in [-0.1, -0.05) is 6.92 Å². The monoisotopic (exact) mass is 223 g/mol. The molecule has 0 aliphatic heterocycles. The van der Waals surface area contributed by atoms with Crippen molar-refractivity contribution in [3.8, 4) is 0 Å². The van der Waals surface area contributed by atoms with Crippen LogP contribution in [0.1, 0.15) is 31.2 Å². The molecule has 0 spiro atoms. The first-order chi connectivity index (χ1) is 6.96. The summed E-state index contributed by atoms with van der Waals surface area (Å²) in [4.78, 5) is 0. The van der Waals surface area contributed by atoms with Crippen LogP contribution in [0.2, 0.25) is 0 Å². The molecule has 0 fully saturated rings. The lowest BCUT2D eigenvalue weighted by Crippen LogP contribution is -2.15. The average molecular weight is 223 g/mol. The van der Waals surface area contributed by atoms with Gasteiger partial charge < -0.3 is 9.73 Å². The van der Waals surface area contributed by atoms with Crippen LogP contribution in [-0.2, 0) is 6.42 Å². The Morgan fingerprint density at radius 3 is 2.53 bits per heavy atom. The number of aromatic nitrogens is 2. The summed E-state index contributed by atoms with van der Waals surface area (Å²) in [6.07, 6.45) is -4.82. The van der Waals surface area contributed by atoms with E-state index in [1.54, 1.807) is 7.05 Å². The lowest BCUT2D eigenvalue weighted by molar-refractivity contribution is -0.131. The molecule has 1 unspecified atom stereocenters. The van der Waals surface area contributed by atoms with Gasteiger partial charge in [0.2, 0.25) is 11.8 Å². The number of rotatable bonds is 4. The molecule has 0 amide bonds. The Morgan fingerprint density at radius 2 is 2.07 bits per heavy atom. The molecule has 0 aromatic carbocycles. The van der Waals surface area contributed by atoms with E-state index in [4.69, 9.17) is 4.42 Å². The van der Waals surface area contributed by atoms with E-state index in [-0.39, 0.29) is 11.9 Å². The van der Waals surface area contributed by atoms with Gasteiger partial charge in [-0.2, -0.15) is 13.2 Å². The highest BCUT2D eigenvalue weighted by molar-refractivity contribution is 4.90. The number of nitrogens with zero attached hydrogens (tertiary/aromatic N) is 2. The Hall–Kier alpha value is -1.11. The zero-order chi connectivity index (χ0) is 11.5. The Morgan fingerprint density at radius 1 is 1.40 bits per heavy atom. The second kappa shape index (κ2) is 4.61. The predicted octanol–water partition coefficient (Wildman–Crippen LogP) is 1.84. The third-order valence-electron chi connectivity index (χ3n) is 1.89. The Kier molecular flexibility index (Phi) is 3.67. The quantitative estimate of drug-likeness (QED) is 0.846. The van der Waals surface area contributed by atoms with Crippen molar-refractivity contribution in [2.45, 2.75) is 32.0 Å². The lowest BCUT2D eigenvalue weighted by atomic mass is 10.2. The van der Waals surface area contributed by atoms with E-state index in [1.807, 2.05) is 6.92 Å². The zero-order valence-corrected chi connectivity index (χ0v) is 8.43. The molecular formula is C8H12F3N3O. The molecule has 0 saturated heterocycles. The SMILES string of the molecule is CCC(NC)c1nnc(CC(F)(F)F)o1. The maximum atomic E-state index is 12.0. The molecule has 0 aliphatic carbocycles. The van der Waals surface area contributed by atoms with Crippen molar-refractivity contribution in [2.75, 3.05) is 7.05 Å². The highest BCUT2D eigenvalue weighted by atomic mass is 19.4. The van der Waals surface area contributed by atoms with E-state index in [1.165, 1.54) is 0 Å². The molecule has 1 aromatic heterocycles. The summed E-state index contributed by atoms with van der Waals surface area (Å²) in [5, 5.41) is 9.77. The molecule has 86 valence electrons. The van der Waals surface area contributed by atoms with Gasteiger partial charge >= 0.3 is 6.18 Å². The van der Waals surface area contributed by atoms with Crippen molar-refractivity contribution in [1.82, 2.24) is 15.5 Å². The van der Waals surface area contributed by atoms with E-state index < -0.39 is 18.5 Å². The number of hydrogen-bond acceptors (Lipinski definition) is 4. The minimum atomic E-state index is -4.31. The van der Waals surface area contributed by atoms with Gasteiger partial charge in [-0.15, -0.1) is 10.2 Å². The summed E-state index contributed by atoms with van der Waals surface area (Å²) in [6, 6.07) is -0.195. The van der Waals surface area contributed by atoms with E-state index in [9.17, 15) is 13.2 Å². The fourth-order valence-corrected chi connectivity index (χ4v) is 1.15. The topological polar surface area (TPSA) is 51.0 Å². The standard InChI is InChI=1S/C8H12F3N3O/c1-3-5(12-2)7-14-13-6(15-7)4-8(9,10)11/h5,12H,3-4H2,1-2H3. The molecule has 1 aromatic rings. The first-order valence-electron chi connectivity index (χ1n) is 4.52. The van der Waals surface area contributed by atoms with Gasteiger partial charge in [0, 0.05) is 0 Å². The minimum absolute atomic E-state index is 0.194. The van der Waals surface area contributed by atoms with Gasteiger partial charge in [-0.05, 0) is 13.5 Å². The number of hydrogen-bond donors (Lipinski definition) is 1. The van der Waals surface area contributed by atoms with E-state index in [0.29, 0.717) is 6.42 Å². The fraction of sp³-hybridized carbons (Fsp3) is 0.750. The van der Waals surface area contributed by atoms with Crippen molar-refractivity contribution in [3.05, 3.63) is 11.8 Å². The van der Waals surface area contributed by atoms with Crippen LogP contribution in [0.3, 0.4) is 0 Å². The second-order valence-electron chi connectivity index (χ2n) is 3.08. The Labute approximate surface area is 84.9 Å². The molecular weight excluding hydrogens is 211 g/mol. The number of alkyl halides is 3. The van der Waals surface area contributed by atoms with Crippen molar-refractivity contribution in [3.63, 3.8) is 0 Å². The van der Waals surface area contributed by atoms with Crippen molar-refractivity contribution >= 4 is 0 Å². The molecule has 0 saturated carbocycles. The molecule has 1 heterocycles. The molecule has 0 aliphatic rings. The van der Waals surface area contributed by atoms with Crippen LogP contribution in [0.4, 0.5) is 13.2 Å². The van der Waals surface area contributed by atoms with Crippen LogP contribution in [0.15, 0.2) is 4.42 Å². The van der Waals surface area contributed by atoms with Crippen LogP contribution in [0, 0.1) is 0 Å². The summed E-state index contributed by atoms with van der Waals surface area (Å²) in [5.41, 5.74) is 0.